The second-order valence-corrected chi connectivity index (χ2v) is 18.0. The molecule has 0 nitrogen and oxygen atoms in total. The Labute approximate surface area is 303 Å². The van der Waals surface area contributed by atoms with Crippen LogP contribution in [0.5, 0.6) is 0 Å². The Hall–Kier alpha value is -2.44. The van der Waals surface area contributed by atoms with E-state index in [4.69, 9.17) is 17.0 Å². The predicted molar refractivity (Wildman–Crippen MR) is 209 cm³/mol. The predicted octanol–water partition coefficient (Wildman–Crippen LogP) is 14.5. The van der Waals surface area contributed by atoms with Crippen molar-refractivity contribution in [2.75, 3.05) is 0 Å². The molecular weight excluding hydrogens is 691 g/mol. The van der Waals surface area contributed by atoms with Gasteiger partial charge in [-0.3, -0.25) is 0 Å². The summed E-state index contributed by atoms with van der Waals surface area (Å²) in [5, 5.41) is 5.50. The normalized spacial score (nSPS) is 11.2. The molecule has 0 amide bonds. The van der Waals surface area contributed by atoms with Crippen molar-refractivity contribution in [2.45, 2.75) is 87.0 Å². The molecule has 0 atom stereocenters. The second-order valence-electron chi connectivity index (χ2n) is 14.3. The quantitative estimate of drug-likeness (QED) is 0.155. The van der Waals surface area contributed by atoms with Gasteiger partial charge in [0, 0.05) is 0 Å². The average Bonchev–Trinajstić information content (AvgIpc) is 3.62. The Morgan fingerprint density at radius 3 is 1.09 bits per heavy atom. The first-order valence-corrected chi connectivity index (χ1v) is 22.7. The van der Waals surface area contributed by atoms with Gasteiger partial charge in [-0.1, -0.05) is 141 Å². The van der Waals surface area contributed by atoms with E-state index in [-0.39, 0.29) is 10.8 Å². The fourth-order valence-electron chi connectivity index (χ4n) is 5.98. The summed E-state index contributed by atoms with van der Waals surface area (Å²) in [6.07, 6.45) is 0. The molecule has 0 aliphatic heterocycles. The van der Waals surface area contributed by atoms with E-state index in [9.17, 15) is 0 Å². The molecule has 0 aromatic heterocycles. The van der Waals surface area contributed by atoms with Crippen LogP contribution in [0.1, 0.15) is 81.8 Å². The van der Waals surface area contributed by atoms with Crippen molar-refractivity contribution in [2.24, 2.45) is 0 Å². The zero-order valence-electron chi connectivity index (χ0n) is 30.2. The number of benzene rings is 4. The third-order valence-corrected chi connectivity index (χ3v) is 8.62. The van der Waals surface area contributed by atoms with Gasteiger partial charge in [-0.2, -0.15) is 19.1 Å². The number of rotatable bonds is 2. The maximum absolute atomic E-state index is 4.93. The van der Waals surface area contributed by atoms with E-state index < -0.39 is 20.8 Å². The van der Waals surface area contributed by atoms with Crippen molar-refractivity contribution in [1.82, 2.24) is 0 Å². The Kier molecular flexibility index (Phi) is 13.9. The molecule has 6 rings (SSSR count). The topological polar surface area (TPSA) is 0 Å². The fraction of sp³-hybridized carbons (Fsp3) is 0.295. The van der Waals surface area contributed by atoms with Crippen molar-refractivity contribution in [3.63, 3.8) is 0 Å². The van der Waals surface area contributed by atoms with Crippen molar-refractivity contribution in [3.05, 3.63) is 137 Å². The van der Waals surface area contributed by atoms with Gasteiger partial charge in [0.2, 0.25) is 0 Å². The Balaban J connectivity index is 0.000000225. The van der Waals surface area contributed by atoms with Crippen LogP contribution in [0, 0.1) is 34.6 Å². The first kappa shape index (κ1) is 39.0. The molecule has 6 aromatic rings. The zero-order chi connectivity index (χ0) is 35.1. The molecule has 0 saturated heterocycles. The van der Waals surface area contributed by atoms with Crippen LogP contribution < -0.4 is 0 Å². The summed E-state index contributed by atoms with van der Waals surface area (Å²) in [5.41, 5.74) is 13.8. The molecule has 0 fully saturated rings. The van der Waals surface area contributed by atoms with Crippen LogP contribution >= 0.6 is 17.0 Å². The molecular formula is C44H51Cl2Zr-3. The third kappa shape index (κ3) is 9.82. The maximum atomic E-state index is 4.93. The summed E-state index contributed by atoms with van der Waals surface area (Å²) in [6, 6.07) is 36.2. The van der Waals surface area contributed by atoms with E-state index in [2.05, 4.69) is 173 Å². The van der Waals surface area contributed by atoms with Gasteiger partial charge in [0.05, 0.1) is 0 Å². The first-order chi connectivity index (χ1) is 22.1. The summed E-state index contributed by atoms with van der Waals surface area (Å²) in [6.45, 7) is 27.3. The molecule has 0 saturated carbocycles. The summed E-state index contributed by atoms with van der Waals surface area (Å²) < 4.78 is 0. The van der Waals surface area contributed by atoms with Crippen LogP contribution in [0.25, 0.3) is 43.8 Å². The van der Waals surface area contributed by atoms with Gasteiger partial charge >= 0.3 is 37.9 Å². The second kappa shape index (κ2) is 16.8. The molecule has 0 N–H and O–H groups in total. The van der Waals surface area contributed by atoms with Gasteiger partial charge in [0.1, 0.15) is 0 Å². The summed E-state index contributed by atoms with van der Waals surface area (Å²) in [5.74, 6) is 0. The zero-order valence-corrected chi connectivity index (χ0v) is 34.2. The van der Waals surface area contributed by atoms with Gasteiger partial charge in [-0.25, -0.2) is 0 Å². The van der Waals surface area contributed by atoms with Gasteiger partial charge in [0.15, 0.2) is 0 Å². The Morgan fingerprint density at radius 1 is 0.511 bits per heavy atom. The standard InChI is InChI=1S/2C21H23.C2H5.2ClH.Zr/c2*1-14-12-19-15(2)6-11-18(20(19)13-14)16-7-9-17(10-8-16)21(3,4)5;1-2;;;/h2*6-13H,1-5H3;1H2,2H3;2*1H;/q3*-1;;;+2/p-2. The average molecular weight is 742 g/mol. The van der Waals surface area contributed by atoms with Gasteiger partial charge in [-0.15, -0.1) is 68.1 Å². The van der Waals surface area contributed by atoms with Gasteiger partial charge in [-0.05, 0) is 33.1 Å². The van der Waals surface area contributed by atoms with Crippen molar-refractivity contribution < 1.29 is 20.8 Å². The van der Waals surface area contributed by atoms with Gasteiger partial charge in [0.25, 0.3) is 0 Å². The molecule has 0 radical (unpaired) electrons. The van der Waals surface area contributed by atoms with Crippen molar-refractivity contribution in [3.8, 4) is 22.3 Å². The molecule has 0 spiro atoms. The number of hydrogen-bond acceptors (Lipinski definition) is 0. The van der Waals surface area contributed by atoms with Gasteiger partial charge < -0.3 is 6.92 Å². The Morgan fingerprint density at radius 2 is 0.809 bits per heavy atom. The van der Waals surface area contributed by atoms with Crippen molar-refractivity contribution in [1.29, 1.82) is 0 Å². The third-order valence-electron chi connectivity index (χ3n) is 8.62. The Bertz CT molecular complexity index is 1730. The first-order valence-electron chi connectivity index (χ1n) is 16.4. The monoisotopic (exact) mass is 739 g/mol. The van der Waals surface area contributed by atoms with E-state index >= 15 is 0 Å². The summed E-state index contributed by atoms with van der Waals surface area (Å²) in [7, 11) is 9.87. The molecule has 248 valence electrons. The molecule has 0 bridgehead atoms. The minimum absolute atomic E-state index is 0.206. The molecule has 47 heavy (non-hydrogen) atoms. The number of halogens is 2. The molecule has 0 heterocycles. The van der Waals surface area contributed by atoms with Crippen LogP contribution in [0.2, 0.25) is 0 Å². The molecule has 0 unspecified atom stereocenters. The minimum atomic E-state index is -0.826. The van der Waals surface area contributed by atoms with Crippen LogP contribution in [0.4, 0.5) is 0 Å². The summed E-state index contributed by atoms with van der Waals surface area (Å²) in [4.78, 5) is 0. The molecule has 0 aliphatic carbocycles. The van der Waals surface area contributed by atoms with Crippen molar-refractivity contribution >= 4 is 38.6 Å². The number of hydrogen-bond donors (Lipinski definition) is 0. The summed E-state index contributed by atoms with van der Waals surface area (Å²) >= 11 is -0.826. The molecule has 0 aliphatic rings. The number of fused-ring (bicyclic) bond motifs is 2. The van der Waals surface area contributed by atoms with Crippen LogP contribution in [0.15, 0.2) is 97.1 Å². The van der Waals surface area contributed by atoms with E-state index in [0.717, 1.165) is 0 Å². The van der Waals surface area contributed by atoms with Crippen LogP contribution in [-0.2, 0) is 31.7 Å². The molecule has 6 aromatic carbocycles. The van der Waals surface area contributed by atoms with E-state index in [1.54, 1.807) is 6.92 Å². The van der Waals surface area contributed by atoms with E-state index in [1.165, 1.54) is 77.2 Å². The fourth-order valence-corrected chi connectivity index (χ4v) is 5.98. The van der Waals surface area contributed by atoms with Crippen LogP contribution in [0.3, 0.4) is 0 Å². The SMILES string of the molecule is Cc1cc2c(-c3ccc(C(C)(C)C)cc3)ccc(C)c2[cH-]1.Cc1cc2c(-c3ccc(C(C)(C)C)cc3)ccc(C)c2[cH-]1.[CH2-]C.[Cl][Zr][Cl]. The van der Waals surface area contributed by atoms with E-state index in [1.807, 2.05) is 0 Å². The van der Waals surface area contributed by atoms with Crippen LogP contribution in [-0.4, -0.2) is 0 Å². The van der Waals surface area contributed by atoms with E-state index in [0.29, 0.717) is 0 Å². The molecule has 3 heteroatoms. The number of aryl methyl sites for hydroxylation is 4.